The van der Waals surface area contributed by atoms with E-state index in [1.54, 1.807) is 0 Å². The summed E-state index contributed by atoms with van der Waals surface area (Å²) in [5.74, 6) is -0.567. The molecule has 2 saturated heterocycles. The molecule has 0 aromatic heterocycles. The molecule has 0 saturated carbocycles. The molecule has 2 unspecified atom stereocenters. The second-order valence-electron chi connectivity index (χ2n) is 5.24. The van der Waals surface area contributed by atoms with Gasteiger partial charge < -0.3 is 20.1 Å². The standard InChI is InChI=1S/C13H22N2O4/c1-2-11-9(5-7-19-11)8-14-13(18)15-6-3-4-10(15)12(16)17/h9-11H,2-8H2,1H3,(H,14,18)(H,16,17)/t9?,10-,11?/m1/s1. The summed E-state index contributed by atoms with van der Waals surface area (Å²) in [5.41, 5.74) is 0. The molecule has 2 fully saturated rings. The maximum Gasteiger partial charge on any atom is 0.326 e. The van der Waals surface area contributed by atoms with Crippen LogP contribution in [0.15, 0.2) is 0 Å². The predicted molar refractivity (Wildman–Crippen MR) is 68.9 cm³/mol. The maximum atomic E-state index is 12.0. The number of hydrogen-bond donors (Lipinski definition) is 2. The second-order valence-corrected chi connectivity index (χ2v) is 5.24. The van der Waals surface area contributed by atoms with Gasteiger partial charge in [0, 0.05) is 25.6 Å². The number of hydrogen-bond acceptors (Lipinski definition) is 3. The van der Waals surface area contributed by atoms with E-state index in [2.05, 4.69) is 12.2 Å². The first-order valence-electron chi connectivity index (χ1n) is 7.02. The monoisotopic (exact) mass is 270 g/mol. The summed E-state index contributed by atoms with van der Waals surface area (Å²) in [6.07, 6.45) is 3.43. The van der Waals surface area contributed by atoms with Crippen molar-refractivity contribution in [3.63, 3.8) is 0 Å². The minimum absolute atomic E-state index is 0.217. The van der Waals surface area contributed by atoms with E-state index in [1.165, 1.54) is 4.90 Å². The van der Waals surface area contributed by atoms with E-state index < -0.39 is 12.0 Å². The Hall–Kier alpha value is -1.30. The summed E-state index contributed by atoms with van der Waals surface area (Å²) >= 11 is 0. The third kappa shape index (κ3) is 3.18. The Morgan fingerprint density at radius 3 is 2.89 bits per heavy atom. The minimum Gasteiger partial charge on any atom is -0.480 e. The molecular formula is C13H22N2O4. The van der Waals surface area contributed by atoms with Crippen molar-refractivity contribution in [2.24, 2.45) is 5.92 Å². The number of carbonyl (C=O) groups is 2. The van der Waals surface area contributed by atoms with E-state index in [9.17, 15) is 9.59 Å². The lowest BCUT2D eigenvalue weighted by Crippen LogP contribution is -2.47. The second kappa shape index (κ2) is 6.23. The summed E-state index contributed by atoms with van der Waals surface area (Å²) in [5, 5.41) is 11.9. The van der Waals surface area contributed by atoms with Gasteiger partial charge in [-0.05, 0) is 25.7 Å². The molecule has 0 spiro atoms. The van der Waals surface area contributed by atoms with Crippen LogP contribution in [0.25, 0.3) is 0 Å². The third-order valence-electron chi connectivity index (χ3n) is 4.06. The van der Waals surface area contributed by atoms with E-state index in [0.29, 0.717) is 25.4 Å². The van der Waals surface area contributed by atoms with Crippen molar-refractivity contribution in [3.8, 4) is 0 Å². The number of amides is 2. The highest BCUT2D eigenvalue weighted by molar-refractivity contribution is 5.83. The molecule has 0 bridgehead atoms. The van der Waals surface area contributed by atoms with Gasteiger partial charge in [-0.25, -0.2) is 9.59 Å². The Bertz CT molecular complexity index is 348. The number of ether oxygens (including phenoxy) is 1. The number of carbonyl (C=O) groups excluding carboxylic acids is 1. The molecule has 2 rings (SSSR count). The van der Waals surface area contributed by atoms with Crippen LogP contribution in [0.4, 0.5) is 4.79 Å². The molecule has 2 aliphatic rings. The number of carboxylic acid groups (broad SMARTS) is 1. The van der Waals surface area contributed by atoms with Crippen molar-refractivity contribution in [2.75, 3.05) is 19.7 Å². The number of nitrogens with one attached hydrogen (secondary N) is 1. The highest BCUT2D eigenvalue weighted by Crippen LogP contribution is 2.23. The Labute approximate surface area is 113 Å². The van der Waals surface area contributed by atoms with Crippen LogP contribution >= 0.6 is 0 Å². The molecule has 3 atom stereocenters. The molecule has 0 aliphatic carbocycles. The normalized spacial score (nSPS) is 30.6. The van der Waals surface area contributed by atoms with Crippen LogP contribution in [0.2, 0.25) is 0 Å². The topological polar surface area (TPSA) is 78.9 Å². The van der Waals surface area contributed by atoms with Crippen LogP contribution in [0.3, 0.4) is 0 Å². The molecule has 2 N–H and O–H groups in total. The smallest absolute Gasteiger partial charge is 0.326 e. The van der Waals surface area contributed by atoms with Crippen LogP contribution in [0.5, 0.6) is 0 Å². The summed E-state index contributed by atoms with van der Waals surface area (Å²) in [7, 11) is 0. The van der Waals surface area contributed by atoms with Crippen molar-refractivity contribution in [2.45, 2.75) is 44.8 Å². The Morgan fingerprint density at radius 2 is 2.21 bits per heavy atom. The van der Waals surface area contributed by atoms with Crippen LogP contribution in [-0.2, 0) is 9.53 Å². The van der Waals surface area contributed by atoms with E-state index in [4.69, 9.17) is 9.84 Å². The average Bonchev–Trinajstić information content (AvgIpc) is 3.04. The number of carboxylic acids is 1. The molecule has 19 heavy (non-hydrogen) atoms. The predicted octanol–water partition coefficient (Wildman–Crippen LogP) is 1.06. The molecule has 0 radical (unpaired) electrons. The van der Waals surface area contributed by atoms with Gasteiger partial charge in [0.1, 0.15) is 6.04 Å². The lowest BCUT2D eigenvalue weighted by molar-refractivity contribution is -0.141. The fraction of sp³-hybridized carbons (Fsp3) is 0.846. The van der Waals surface area contributed by atoms with Crippen molar-refractivity contribution in [1.29, 1.82) is 0 Å². The van der Waals surface area contributed by atoms with Gasteiger partial charge in [0.05, 0.1) is 6.10 Å². The lowest BCUT2D eigenvalue weighted by atomic mass is 10.00. The first kappa shape index (κ1) is 14.1. The molecule has 2 aliphatic heterocycles. The maximum absolute atomic E-state index is 12.0. The van der Waals surface area contributed by atoms with Crippen LogP contribution in [0, 0.1) is 5.92 Å². The van der Waals surface area contributed by atoms with Gasteiger partial charge in [0.25, 0.3) is 0 Å². The Kier molecular flexibility index (Phi) is 4.63. The molecule has 2 heterocycles. The van der Waals surface area contributed by atoms with Gasteiger partial charge in [-0.2, -0.15) is 0 Å². The summed E-state index contributed by atoms with van der Waals surface area (Å²) in [6, 6.07) is -0.923. The number of urea groups is 1. The lowest BCUT2D eigenvalue weighted by Gasteiger charge is -2.24. The molecule has 6 heteroatoms. The Balaban J connectivity index is 1.82. The summed E-state index contributed by atoms with van der Waals surface area (Å²) in [6.45, 7) is 3.92. The van der Waals surface area contributed by atoms with Crippen LogP contribution in [-0.4, -0.2) is 53.8 Å². The number of rotatable bonds is 4. The zero-order chi connectivity index (χ0) is 13.8. The van der Waals surface area contributed by atoms with Gasteiger partial charge in [-0.3, -0.25) is 0 Å². The molecule has 2 amide bonds. The zero-order valence-corrected chi connectivity index (χ0v) is 11.3. The van der Waals surface area contributed by atoms with Crippen molar-refractivity contribution in [3.05, 3.63) is 0 Å². The van der Waals surface area contributed by atoms with Crippen molar-refractivity contribution < 1.29 is 19.4 Å². The van der Waals surface area contributed by atoms with Crippen molar-refractivity contribution in [1.82, 2.24) is 10.2 Å². The SMILES string of the molecule is CCC1OCCC1CNC(=O)N1CCC[C@@H]1C(=O)O. The molecular weight excluding hydrogens is 248 g/mol. The molecule has 108 valence electrons. The summed E-state index contributed by atoms with van der Waals surface area (Å²) in [4.78, 5) is 24.5. The van der Waals surface area contributed by atoms with Crippen LogP contribution < -0.4 is 5.32 Å². The zero-order valence-electron chi connectivity index (χ0n) is 11.3. The molecule has 6 nitrogen and oxygen atoms in total. The van der Waals surface area contributed by atoms with Gasteiger partial charge in [-0.1, -0.05) is 6.92 Å². The molecule has 0 aromatic carbocycles. The van der Waals surface area contributed by atoms with E-state index in [0.717, 1.165) is 25.9 Å². The van der Waals surface area contributed by atoms with Crippen LogP contribution in [0.1, 0.15) is 32.6 Å². The molecule has 0 aromatic rings. The highest BCUT2D eigenvalue weighted by Gasteiger charge is 2.34. The number of nitrogens with zero attached hydrogens (tertiary/aromatic N) is 1. The van der Waals surface area contributed by atoms with E-state index in [1.807, 2.05) is 0 Å². The summed E-state index contributed by atoms with van der Waals surface area (Å²) < 4.78 is 5.57. The van der Waals surface area contributed by atoms with Crippen molar-refractivity contribution >= 4 is 12.0 Å². The fourth-order valence-electron chi connectivity index (χ4n) is 2.96. The highest BCUT2D eigenvalue weighted by atomic mass is 16.5. The number of likely N-dealkylation sites (tertiary alicyclic amines) is 1. The third-order valence-corrected chi connectivity index (χ3v) is 4.06. The van der Waals surface area contributed by atoms with Gasteiger partial charge in [-0.15, -0.1) is 0 Å². The van der Waals surface area contributed by atoms with Gasteiger partial charge in [0.15, 0.2) is 0 Å². The van der Waals surface area contributed by atoms with E-state index >= 15 is 0 Å². The first-order valence-corrected chi connectivity index (χ1v) is 7.02. The average molecular weight is 270 g/mol. The largest absolute Gasteiger partial charge is 0.480 e. The first-order chi connectivity index (χ1) is 9.13. The van der Waals surface area contributed by atoms with E-state index in [-0.39, 0.29) is 12.1 Å². The van der Waals surface area contributed by atoms with Gasteiger partial charge in [0.2, 0.25) is 0 Å². The number of aliphatic carboxylic acids is 1. The Morgan fingerprint density at radius 1 is 1.42 bits per heavy atom. The quantitative estimate of drug-likeness (QED) is 0.800. The minimum atomic E-state index is -0.914. The fourth-order valence-corrected chi connectivity index (χ4v) is 2.96. The van der Waals surface area contributed by atoms with Gasteiger partial charge >= 0.3 is 12.0 Å².